The number of aromatic nitrogens is 2. The third kappa shape index (κ3) is 5.79. The number of methoxy groups -OCH3 is 1. The van der Waals surface area contributed by atoms with Crippen LogP contribution in [0.2, 0.25) is 0 Å². The number of aromatic amines is 1. The van der Waals surface area contributed by atoms with Gasteiger partial charge in [-0.3, -0.25) is 18.6 Å². The lowest BCUT2D eigenvalue weighted by molar-refractivity contribution is -0.142. The highest BCUT2D eigenvalue weighted by Crippen LogP contribution is 2.50. The van der Waals surface area contributed by atoms with Gasteiger partial charge in [0.25, 0.3) is 5.56 Å². The highest BCUT2D eigenvalue weighted by Gasteiger charge is 2.54. The molecule has 2 aromatic rings. The van der Waals surface area contributed by atoms with Crippen molar-refractivity contribution in [2.24, 2.45) is 0 Å². The Labute approximate surface area is 216 Å². The van der Waals surface area contributed by atoms with Crippen molar-refractivity contribution in [3.05, 3.63) is 50.7 Å². The van der Waals surface area contributed by atoms with Gasteiger partial charge in [0.1, 0.15) is 35.8 Å². The van der Waals surface area contributed by atoms with Crippen LogP contribution in [-0.4, -0.2) is 69.8 Å². The number of fused-ring (bicyclic) bond motifs is 1. The molecule has 7 unspecified atom stereocenters. The van der Waals surface area contributed by atoms with Crippen molar-refractivity contribution in [1.82, 2.24) is 15.1 Å². The van der Waals surface area contributed by atoms with Gasteiger partial charge in [-0.1, -0.05) is 24.3 Å². The van der Waals surface area contributed by atoms with Gasteiger partial charge in [0.15, 0.2) is 0 Å². The molecule has 7 atom stereocenters. The summed E-state index contributed by atoms with van der Waals surface area (Å²) < 4.78 is 35.6. The lowest BCUT2D eigenvalue weighted by Crippen LogP contribution is -2.43. The molecule has 37 heavy (non-hydrogen) atoms. The van der Waals surface area contributed by atoms with E-state index in [0.29, 0.717) is 28.0 Å². The average Bonchev–Trinajstić information content (AvgIpc) is 3.36. The molecule has 0 saturated carbocycles. The lowest BCUT2D eigenvalue weighted by Gasteiger charge is -2.27. The molecule has 2 aromatic heterocycles. The quantitative estimate of drug-likeness (QED) is 0.264. The number of esters is 1. The fraction of sp³-hybridized carbons (Fsp3) is 0.522. The Balaban J connectivity index is 1.55. The first kappa shape index (κ1) is 27.8. The van der Waals surface area contributed by atoms with Gasteiger partial charge < -0.3 is 24.7 Å². The van der Waals surface area contributed by atoms with Crippen LogP contribution in [0.15, 0.2) is 34.5 Å². The third-order valence-electron chi connectivity index (χ3n) is 6.17. The Hall–Kier alpha value is -2.22. The summed E-state index contributed by atoms with van der Waals surface area (Å²) in [5.74, 6) is -0.278. The van der Waals surface area contributed by atoms with E-state index in [9.17, 15) is 24.4 Å². The van der Waals surface area contributed by atoms with E-state index in [1.54, 1.807) is 24.5 Å². The number of nitrogens with one attached hydrogen (secondary N) is 2. The van der Waals surface area contributed by atoms with Gasteiger partial charge in [-0.15, -0.1) is 11.3 Å². The van der Waals surface area contributed by atoms with E-state index in [1.165, 1.54) is 32.3 Å². The van der Waals surface area contributed by atoms with Crippen molar-refractivity contribution in [2.45, 2.75) is 63.3 Å². The van der Waals surface area contributed by atoms with E-state index >= 15 is 0 Å². The molecule has 202 valence electrons. The minimum absolute atomic E-state index is 0.321. The fourth-order valence-corrected chi connectivity index (χ4v) is 6.96. The zero-order valence-electron chi connectivity index (χ0n) is 20.7. The number of carbonyl (C=O) groups is 1. The zero-order valence-corrected chi connectivity index (χ0v) is 22.5. The summed E-state index contributed by atoms with van der Waals surface area (Å²) in [6, 6.07) is -1.02. The molecule has 0 aromatic carbocycles. The molecule has 4 N–H and O–H groups in total. The number of thiophene rings is 1. The molecule has 1 aliphatic heterocycles. The van der Waals surface area contributed by atoms with Crippen LogP contribution in [0.1, 0.15) is 37.1 Å². The number of aryl methyl sites for hydroxylation is 1. The molecular weight excluding hydrogens is 525 g/mol. The van der Waals surface area contributed by atoms with E-state index < -0.39 is 56.4 Å². The van der Waals surface area contributed by atoms with E-state index in [0.717, 1.165) is 0 Å². The molecule has 1 saturated heterocycles. The monoisotopic (exact) mass is 555 g/mol. The van der Waals surface area contributed by atoms with Crippen LogP contribution in [-0.2, 0) is 27.9 Å². The first-order valence-electron chi connectivity index (χ1n) is 11.6. The summed E-state index contributed by atoms with van der Waals surface area (Å²) in [6.07, 6.45) is 3.34. The number of hydrogen-bond donors (Lipinski definition) is 4. The van der Waals surface area contributed by atoms with Crippen LogP contribution in [0.4, 0.5) is 0 Å². The second-order valence-electron chi connectivity index (χ2n) is 9.10. The first-order valence-corrected chi connectivity index (χ1v) is 14.0. The van der Waals surface area contributed by atoms with Gasteiger partial charge in [0, 0.05) is 5.38 Å². The number of H-pyrrole nitrogens is 1. The predicted octanol–water partition coefficient (Wildman–Crippen LogP) is 2.02. The van der Waals surface area contributed by atoms with Crippen LogP contribution in [0.3, 0.4) is 0 Å². The van der Waals surface area contributed by atoms with Crippen molar-refractivity contribution in [3.63, 3.8) is 0 Å². The van der Waals surface area contributed by atoms with Gasteiger partial charge in [0.2, 0.25) is 0 Å². The summed E-state index contributed by atoms with van der Waals surface area (Å²) in [5.41, 5.74) is -1.73. The molecule has 3 heterocycles. The maximum absolute atomic E-state index is 13.6. The average molecular weight is 556 g/mol. The van der Waals surface area contributed by atoms with E-state index in [2.05, 4.69) is 15.1 Å². The molecular formula is C23H30N3O9PS. The van der Waals surface area contributed by atoms with Crippen LogP contribution in [0.25, 0.3) is 10.9 Å². The van der Waals surface area contributed by atoms with Crippen LogP contribution >= 0.6 is 19.1 Å². The fourth-order valence-electron chi connectivity index (χ4n) is 4.18. The molecule has 0 spiro atoms. The molecule has 1 fully saturated rings. The van der Waals surface area contributed by atoms with Crippen molar-refractivity contribution in [1.29, 1.82) is 0 Å². The van der Waals surface area contributed by atoms with Crippen LogP contribution in [0.5, 0.6) is 0 Å². The standard InChI is InChI=1S/C23H30N3O9PS/c1-12(22(29)32-4)26-36(31,35-14-8-6-5-7-9-14)33-10-16-19(27)23(3,30)20(34-16)18-17-15(11-37-18)21(28)25-13(2)24-17/h5-8,11-12,14,16,19-20,27,30H,9-10H2,1-4H3,(H,26,31)(H,24,25,28). The summed E-state index contributed by atoms with van der Waals surface area (Å²) >= 11 is 1.17. The molecule has 0 bridgehead atoms. The molecule has 1 aliphatic carbocycles. The van der Waals surface area contributed by atoms with Crippen LogP contribution in [0, 0.1) is 6.92 Å². The molecule has 0 radical (unpaired) electrons. The maximum atomic E-state index is 13.6. The van der Waals surface area contributed by atoms with Gasteiger partial charge in [-0.25, -0.2) is 14.6 Å². The van der Waals surface area contributed by atoms with Gasteiger partial charge >= 0.3 is 13.7 Å². The molecule has 12 nitrogen and oxygen atoms in total. The molecule has 2 aliphatic rings. The Morgan fingerprint density at radius 3 is 2.89 bits per heavy atom. The second kappa shape index (κ2) is 10.9. The van der Waals surface area contributed by atoms with Crippen LogP contribution < -0.4 is 10.6 Å². The highest BCUT2D eigenvalue weighted by atomic mass is 32.1. The Morgan fingerprint density at radius 2 is 2.22 bits per heavy atom. The Kier molecular flexibility index (Phi) is 8.17. The van der Waals surface area contributed by atoms with Gasteiger partial charge in [0.05, 0.1) is 35.6 Å². The number of ether oxygens (including phenoxy) is 2. The van der Waals surface area contributed by atoms with Crippen molar-refractivity contribution in [2.75, 3.05) is 13.7 Å². The zero-order chi connectivity index (χ0) is 27.0. The number of carbonyl (C=O) groups excluding carboxylic acids is 1. The SMILES string of the molecule is COC(=O)C(C)NP(=O)(OCC1OC(c2scc3c(=O)[nH]c(C)nc23)C(C)(O)C1O)OC1C=CC=CC1. The number of rotatable bonds is 9. The van der Waals surface area contributed by atoms with E-state index in [-0.39, 0.29) is 5.56 Å². The van der Waals surface area contributed by atoms with Crippen molar-refractivity contribution >= 4 is 36.0 Å². The first-order chi connectivity index (χ1) is 17.4. The van der Waals surface area contributed by atoms with E-state index in [1.807, 2.05) is 12.2 Å². The highest BCUT2D eigenvalue weighted by molar-refractivity contribution is 7.51. The molecule has 0 amide bonds. The van der Waals surface area contributed by atoms with Gasteiger partial charge in [-0.2, -0.15) is 0 Å². The largest absolute Gasteiger partial charge is 0.468 e. The smallest absolute Gasteiger partial charge is 0.406 e. The summed E-state index contributed by atoms with van der Waals surface area (Å²) in [6.45, 7) is 4.05. The number of aliphatic hydroxyl groups excluding tert-OH is 1. The van der Waals surface area contributed by atoms with E-state index in [4.69, 9.17) is 18.5 Å². The number of nitrogens with zero attached hydrogens (tertiary/aromatic N) is 1. The summed E-state index contributed by atoms with van der Waals surface area (Å²) in [5, 5.41) is 26.6. The molecule has 4 rings (SSSR count). The molecule has 14 heteroatoms. The minimum atomic E-state index is -4.13. The number of hydrogen-bond acceptors (Lipinski definition) is 11. The normalized spacial score (nSPS) is 29.9. The maximum Gasteiger partial charge on any atom is 0.406 e. The summed E-state index contributed by atoms with van der Waals surface area (Å²) in [4.78, 5) is 31.7. The second-order valence-corrected chi connectivity index (χ2v) is 11.7. The lowest BCUT2D eigenvalue weighted by atomic mass is 9.92. The Morgan fingerprint density at radius 1 is 1.46 bits per heavy atom. The van der Waals surface area contributed by atoms with Gasteiger partial charge in [-0.05, 0) is 27.2 Å². The van der Waals surface area contributed by atoms with Crippen molar-refractivity contribution < 1.29 is 38.1 Å². The van der Waals surface area contributed by atoms with Crippen molar-refractivity contribution in [3.8, 4) is 0 Å². The Bertz CT molecular complexity index is 1320. The predicted molar refractivity (Wildman–Crippen MR) is 135 cm³/mol. The topological polar surface area (TPSA) is 169 Å². The minimum Gasteiger partial charge on any atom is -0.468 e. The number of allylic oxidation sites excluding steroid dienone is 2. The third-order valence-corrected chi connectivity index (χ3v) is 8.93. The number of aliphatic hydroxyl groups is 2. The summed E-state index contributed by atoms with van der Waals surface area (Å²) in [7, 11) is -2.93.